The first-order chi connectivity index (χ1) is 9.67. The summed E-state index contributed by atoms with van der Waals surface area (Å²) in [4.78, 5) is 14.1. The molecule has 0 saturated carbocycles. The molecule has 0 bridgehead atoms. The Labute approximate surface area is 119 Å². The van der Waals surface area contributed by atoms with Crippen LogP contribution in [0.1, 0.15) is 25.3 Å². The van der Waals surface area contributed by atoms with Gasteiger partial charge in [0.15, 0.2) is 0 Å². The fourth-order valence-corrected chi connectivity index (χ4v) is 2.43. The lowest BCUT2D eigenvalue weighted by Gasteiger charge is -2.23. The van der Waals surface area contributed by atoms with Gasteiger partial charge in [0.2, 0.25) is 5.91 Å². The summed E-state index contributed by atoms with van der Waals surface area (Å²) in [6.45, 7) is 3.46. The average molecular weight is 273 g/mol. The van der Waals surface area contributed by atoms with Crippen LogP contribution in [0.3, 0.4) is 0 Å². The molecule has 1 amide bonds. The number of hydrogen-bond donors (Lipinski definition) is 1. The molecule has 5 heteroatoms. The molecule has 20 heavy (non-hydrogen) atoms. The van der Waals surface area contributed by atoms with E-state index in [1.165, 1.54) is 0 Å². The van der Waals surface area contributed by atoms with Crippen molar-refractivity contribution < 1.29 is 9.53 Å². The SMILES string of the molecule is COc1cccc(C#N)c1NC(C)C(=O)N1CCCC1. The number of carbonyl (C=O) groups is 1. The zero-order chi connectivity index (χ0) is 14.5. The second-order valence-electron chi connectivity index (χ2n) is 4.89. The number of anilines is 1. The number of hydrogen-bond acceptors (Lipinski definition) is 4. The van der Waals surface area contributed by atoms with E-state index >= 15 is 0 Å². The Balaban J connectivity index is 2.16. The molecule has 106 valence electrons. The summed E-state index contributed by atoms with van der Waals surface area (Å²) in [6.07, 6.45) is 2.13. The lowest BCUT2D eigenvalue weighted by molar-refractivity contribution is -0.130. The zero-order valence-electron chi connectivity index (χ0n) is 11.8. The number of nitriles is 1. The number of amides is 1. The lowest BCUT2D eigenvalue weighted by Crippen LogP contribution is -2.39. The molecule has 5 nitrogen and oxygen atoms in total. The van der Waals surface area contributed by atoms with Gasteiger partial charge in [0.1, 0.15) is 17.9 Å². The van der Waals surface area contributed by atoms with Gasteiger partial charge in [-0.3, -0.25) is 4.79 Å². The van der Waals surface area contributed by atoms with Crippen LogP contribution in [0.2, 0.25) is 0 Å². The van der Waals surface area contributed by atoms with Crippen molar-refractivity contribution in [1.82, 2.24) is 4.90 Å². The highest BCUT2D eigenvalue weighted by molar-refractivity contribution is 5.85. The topological polar surface area (TPSA) is 65.4 Å². The molecule has 1 aromatic rings. The highest BCUT2D eigenvalue weighted by atomic mass is 16.5. The van der Waals surface area contributed by atoms with E-state index in [1.807, 2.05) is 11.8 Å². The number of nitrogens with one attached hydrogen (secondary N) is 1. The summed E-state index contributed by atoms with van der Waals surface area (Å²) < 4.78 is 5.26. The smallest absolute Gasteiger partial charge is 0.244 e. The van der Waals surface area contributed by atoms with E-state index in [1.54, 1.807) is 25.3 Å². The van der Waals surface area contributed by atoms with Crippen molar-refractivity contribution in [3.63, 3.8) is 0 Å². The number of benzene rings is 1. The first-order valence-electron chi connectivity index (χ1n) is 6.79. The maximum Gasteiger partial charge on any atom is 0.244 e. The van der Waals surface area contributed by atoms with E-state index in [2.05, 4.69) is 11.4 Å². The molecule has 1 aromatic carbocycles. The molecular formula is C15H19N3O2. The van der Waals surface area contributed by atoms with Crippen molar-refractivity contribution in [2.45, 2.75) is 25.8 Å². The number of para-hydroxylation sites is 1. The van der Waals surface area contributed by atoms with Gasteiger partial charge < -0.3 is 15.0 Å². The highest BCUT2D eigenvalue weighted by Crippen LogP contribution is 2.28. The van der Waals surface area contributed by atoms with Crippen LogP contribution in [0, 0.1) is 11.3 Å². The van der Waals surface area contributed by atoms with Crippen LogP contribution in [-0.2, 0) is 4.79 Å². The number of carbonyl (C=O) groups excluding carboxylic acids is 1. The summed E-state index contributed by atoms with van der Waals surface area (Å²) >= 11 is 0. The van der Waals surface area contributed by atoms with Gasteiger partial charge in [-0.15, -0.1) is 0 Å². The van der Waals surface area contributed by atoms with Crippen molar-refractivity contribution >= 4 is 11.6 Å². The van der Waals surface area contributed by atoms with Crippen molar-refractivity contribution in [2.75, 3.05) is 25.5 Å². The van der Waals surface area contributed by atoms with Gasteiger partial charge >= 0.3 is 0 Å². The molecule has 0 spiro atoms. The van der Waals surface area contributed by atoms with Crippen molar-refractivity contribution in [3.8, 4) is 11.8 Å². The van der Waals surface area contributed by atoms with Crippen molar-refractivity contribution in [3.05, 3.63) is 23.8 Å². The number of rotatable bonds is 4. The molecule has 1 atom stereocenters. The number of nitrogens with zero attached hydrogens (tertiary/aromatic N) is 2. The van der Waals surface area contributed by atoms with E-state index in [0.29, 0.717) is 17.0 Å². The average Bonchev–Trinajstić information content (AvgIpc) is 3.00. The van der Waals surface area contributed by atoms with Gasteiger partial charge in [-0.05, 0) is 31.9 Å². The molecular weight excluding hydrogens is 254 g/mol. The van der Waals surface area contributed by atoms with E-state index in [4.69, 9.17) is 10.00 Å². The third kappa shape index (κ3) is 2.85. The Hall–Kier alpha value is -2.22. The zero-order valence-corrected chi connectivity index (χ0v) is 11.8. The van der Waals surface area contributed by atoms with E-state index in [-0.39, 0.29) is 11.9 Å². The van der Waals surface area contributed by atoms with E-state index in [0.717, 1.165) is 25.9 Å². The molecule has 1 aliphatic rings. The molecule has 2 rings (SSSR count). The number of ether oxygens (including phenoxy) is 1. The first-order valence-corrected chi connectivity index (χ1v) is 6.79. The molecule has 0 aliphatic carbocycles. The van der Waals surface area contributed by atoms with Crippen molar-refractivity contribution in [1.29, 1.82) is 5.26 Å². The van der Waals surface area contributed by atoms with Gasteiger partial charge in [0.05, 0.1) is 18.4 Å². The molecule has 1 heterocycles. The summed E-state index contributed by atoms with van der Waals surface area (Å²) in [5.41, 5.74) is 1.06. The molecule has 1 aliphatic heterocycles. The third-order valence-corrected chi connectivity index (χ3v) is 3.52. The van der Waals surface area contributed by atoms with Gasteiger partial charge in [-0.25, -0.2) is 0 Å². The quantitative estimate of drug-likeness (QED) is 0.911. The first kappa shape index (κ1) is 14.2. The molecule has 1 fully saturated rings. The van der Waals surface area contributed by atoms with Gasteiger partial charge in [0.25, 0.3) is 0 Å². The largest absolute Gasteiger partial charge is 0.495 e. The van der Waals surface area contributed by atoms with Crippen LogP contribution >= 0.6 is 0 Å². The highest BCUT2D eigenvalue weighted by Gasteiger charge is 2.24. The summed E-state index contributed by atoms with van der Waals surface area (Å²) in [7, 11) is 1.55. The van der Waals surface area contributed by atoms with Crippen LogP contribution in [-0.4, -0.2) is 37.0 Å². The minimum Gasteiger partial charge on any atom is -0.495 e. The van der Waals surface area contributed by atoms with Crippen LogP contribution in [0.5, 0.6) is 5.75 Å². The van der Waals surface area contributed by atoms with E-state index < -0.39 is 0 Å². The molecule has 1 saturated heterocycles. The monoisotopic (exact) mass is 273 g/mol. The second kappa shape index (κ2) is 6.29. The van der Waals surface area contributed by atoms with Crippen LogP contribution in [0.4, 0.5) is 5.69 Å². The second-order valence-corrected chi connectivity index (χ2v) is 4.89. The minimum atomic E-state index is -0.378. The van der Waals surface area contributed by atoms with Crippen LogP contribution in [0.25, 0.3) is 0 Å². The standard InChI is InChI=1S/C15H19N3O2/c1-11(15(19)18-8-3-4-9-18)17-14-12(10-16)6-5-7-13(14)20-2/h5-7,11,17H,3-4,8-9H2,1-2H3. The lowest BCUT2D eigenvalue weighted by atomic mass is 10.1. The fourth-order valence-electron chi connectivity index (χ4n) is 2.43. The minimum absolute atomic E-state index is 0.0669. The normalized spacial score (nSPS) is 15.6. The molecule has 1 N–H and O–H groups in total. The van der Waals surface area contributed by atoms with Crippen LogP contribution in [0.15, 0.2) is 18.2 Å². The maximum absolute atomic E-state index is 12.3. The maximum atomic E-state index is 12.3. The van der Waals surface area contributed by atoms with Gasteiger partial charge in [0, 0.05) is 13.1 Å². The molecule has 0 radical (unpaired) electrons. The Morgan fingerprint density at radius 2 is 2.15 bits per heavy atom. The van der Waals surface area contributed by atoms with E-state index in [9.17, 15) is 4.79 Å². The van der Waals surface area contributed by atoms with Gasteiger partial charge in [-0.2, -0.15) is 5.26 Å². The summed E-state index contributed by atoms with van der Waals surface area (Å²) in [5, 5.41) is 12.3. The predicted molar refractivity (Wildman–Crippen MR) is 76.6 cm³/mol. The Bertz CT molecular complexity index is 530. The summed E-state index contributed by atoms with van der Waals surface area (Å²) in [6, 6.07) is 6.98. The van der Waals surface area contributed by atoms with Crippen LogP contribution < -0.4 is 10.1 Å². The number of likely N-dealkylation sites (tertiary alicyclic amines) is 1. The Morgan fingerprint density at radius 3 is 2.75 bits per heavy atom. The predicted octanol–water partition coefficient (Wildman–Crippen LogP) is 1.99. The Morgan fingerprint density at radius 1 is 1.45 bits per heavy atom. The Kier molecular flexibility index (Phi) is 4.46. The fraction of sp³-hybridized carbons (Fsp3) is 0.467. The summed E-state index contributed by atoms with van der Waals surface area (Å²) in [5.74, 6) is 0.641. The molecule has 0 aromatic heterocycles. The van der Waals surface area contributed by atoms with Gasteiger partial charge in [-0.1, -0.05) is 6.07 Å². The molecule has 1 unspecified atom stereocenters. The third-order valence-electron chi connectivity index (χ3n) is 3.52. The van der Waals surface area contributed by atoms with Crippen molar-refractivity contribution in [2.24, 2.45) is 0 Å². The number of methoxy groups -OCH3 is 1.